The van der Waals surface area contributed by atoms with Crippen LogP contribution in [0.4, 0.5) is 5.00 Å². The van der Waals surface area contributed by atoms with E-state index in [9.17, 15) is 4.79 Å². The molecule has 0 aliphatic carbocycles. The minimum atomic E-state index is -0.0989. The summed E-state index contributed by atoms with van der Waals surface area (Å²) < 4.78 is 5.34. The van der Waals surface area contributed by atoms with E-state index >= 15 is 0 Å². The van der Waals surface area contributed by atoms with E-state index in [1.807, 2.05) is 23.1 Å². The minimum absolute atomic E-state index is 0.0989. The molecular weight excluding hydrogens is 334 g/mol. The fourth-order valence-corrected chi connectivity index (χ4v) is 4.27. The van der Waals surface area contributed by atoms with Gasteiger partial charge in [-0.3, -0.25) is 19.6 Å². The molecule has 4 rings (SSSR count). The van der Waals surface area contributed by atoms with Gasteiger partial charge in [-0.05, 0) is 43.7 Å². The number of rotatable bonds is 3. The molecule has 0 radical (unpaired) electrons. The molecule has 25 heavy (non-hydrogen) atoms. The molecule has 3 aromatic heterocycles. The monoisotopic (exact) mass is 353 g/mol. The van der Waals surface area contributed by atoms with Crippen LogP contribution in [0.5, 0.6) is 0 Å². The quantitative estimate of drug-likeness (QED) is 0.715. The lowest BCUT2D eigenvalue weighted by molar-refractivity contribution is 0.0929. The van der Waals surface area contributed by atoms with E-state index in [1.165, 1.54) is 22.3 Å². The van der Waals surface area contributed by atoms with Gasteiger partial charge in [-0.1, -0.05) is 6.07 Å². The van der Waals surface area contributed by atoms with Crippen LogP contribution in [-0.2, 0) is 13.1 Å². The summed E-state index contributed by atoms with van der Waals surface area (Å²) in [6.07, 6.45) is 3.34. The Labute approximate surface area is 150 Å². The number of hydrogen-bond donors (Lipinski definition) is 0. The maximum atomic E-state index is 12.9. The van der Waals surface area contributed by atoms with E-state index in [-0.39, 0.29) is 5.91 Å². The first-order chi connectivity index (χ1) is 12.1. The van der Waals surface area contributed by atoms with Crippen molar-refractivity contribution < 1.29 is 9.21 Å². The van der Waals surface area contributed by atoms with Crippen LogP contribution in [0.1, 0.15) is 32.3 Å². The zero-order chi connectivity index (χ0) is 17.4. The highest BCUT2D eigenvalue weighted by molar-refractivity contribution is 7.16. The highest BCUT2D eigenvalue weighted by atomic mass is 32.1. The molecule has 6 heteroatoms. The number of anilines is 1. The van der Waals surface area contributed by atoms with Crippen molar-refractivity contribution in [1.82, 2.24) is 9.88 Å². The van der Waals surface area contributed by atoms with Gasteiger partial charge in [0.2, 0.25) is 0 Å². The predicted octanol–water partition coefficient (Wildman–Crippen LogP) is 3.97. The van der Waals surface area contributed by atoms with Gasteiger partial charge in [-0.2, -0.15) is 0 Å². The molecule has 0 bridgehead atoms. The number of carbonyl (C=O) groups is 1. The molecule has 0 spiro atoms. The summed E-state index contributed by atoms with van der Waals surface area (Å²) in [5.74, 6) is 0.271. The topological polar surface area (TPSA) is 49.6 Å². The SMILES string of the molecule is Cc1sc2c(c1C)CN(Cc1ccccn1)CN2C(=O)c1ccco1. The molecule has 5 nitrogen and oxygen atoms in total. The Hall–Kier alpha value is -2.44. The van der Waals surface area contributed by atoms with Crippen LogP contribution >= 0.6 is 11.3 Å². The van der Waals surface area contributed by atoms with Crippen molar-refractivity contribution in [2.24, 2.45) is 0 Å². The van der Waals surface area contributed by atoms with Gasteiger partial charge in [-0.15, -0.1) is 11.3 Å². The zero-order valence-electron chi connectivity index (χ0n) is 14.2. The largest absolute Gasteiger partial charge is 0.459 e. The lowest BCUT2D eigenvalue weighted by Gasteiger charge is -2.35. The van der Waals surface area contributed by atoms with Crippen molar-refractivity contribution in [2.75, 3.05) is 11.6 Å². The van der Waals surface area contributed by atoms with Gasteiger partial charge >= 0.3 is 0 Å². The molecule has 0 aromatic carbocycles. The number of carbonyl (C=O) groups excluding carboxylic acids is 1. The predicted molar refractivity (Wildman–Crippen MR) is 97.7 cm³/mol. The minimum Gasteiger partial charge on any atom is -0.459 e. The van der Waals surface area contributed by atoms with Crippen LogP contribution in [0.15, 0.2) is 47.2 Å². The number of amides is 1. The van der Waals surface area contributed by atoms with Gasteiger partial charge in [0.15, 0.2) is 5.76 Å². The number of nitrogens with zero attached hydrogens (tertiary/aromatic N) is 3. The fraction of sp³-hybridized carbons (Fsp3) is 0.263. The third-order valence-electron chi connectivity index (χ3n) is 4.55. The van der Waals surface area contributed by atoms with Crippen LogP contribution in [0.25, 0.3) is 0 Å². The third kappa shape index (κ3) is 2.99. The maximum Gasteiger partial charge on any atom is 0.295 e. The van der Waals surface area contributed by atoms with Crippen molar-refractivity contribution in [1.29, 1.82) is 0 Å². The molecule has 1 amide bonds. The average molecular weight is 353 g/mol. The number of fused-ring (bicyclic) bond motifs is 1. The highest BCUT2D eigenvalue weighted by Gasteiger charge is 2.32. The van der Waals surface area contributed by atoms with E-state index in [2.05, 4.69) is 23.7 Å². The molecular formula is C19H19N3O2S. The van der Waals surface area contributed by atoms with Crippen LogP contribution in [0.3, 0.4) is 0 Å². The van der Waals surface area contributed by atoms with Crippen LogP contribution < -0.4 is 4.90 Å². The van der Waals surface area contributed by atoms with E-state index < -0.39 is 0 Å². The van der Waals surface area contributed by atoms with Gasteiger partial charge in [0, 0.05) is 29.7 Å². The number of aryl methyl sites for hydroxylation is 1. The molecule has 1 aliphatic rings. The van der Waals surface area contributed by atoms with Crippen LogP contribution in [-0.4, -0.2) is 22.5 Å². The Morgan fingerprint density at radius 3 is 2.88 bits per heavy atom. The second-order valence-electron chi connectivity index (χ2n) is 6.23. The average Bonchev–Trinajstić information content (AvgIpc) is 3.25. The normalized spacial score (nSPS) is 14.6. The summed E-state index contributed by atoms with van der Waals surface area (Å²) in [4.78, 5) is 22.7. The van der Waals surface area contributed by atoms with Gasteiger partial charge < -0.3 is 4.42 Å². The first-order valence-electron chi connectivity index (χ1n) is 8.20. The number of furan rings is 1. The summed E-state index contributed by atoms with van der Waals surface area (Å²) in [6.45, 7) is 6.30. The second-order valence-corrected chi connectivity index (χ2v) is 7.43. The van der Waals surface area contributed by atoms with Crippen molar-refractivity contribution in [3.05, 3.63) is 70.3 Å². The Morgan fingerprint density at radius 1 is 1.28 bits per heavy atom. The summed E-state index contributed by atoms with van der Waals surface area (Å²) in [5.41, 5.74) is 3.49. The first kappa shape index (κ1) is 16.1. The van der Waals surface area contributed by atoms with Crippen LogP contribution in [0.2, 0.25) is 0 Å². The molecule has 4 heterocycles. The Bertz CT molecular complexity index is 887. The number of thiophene rings is 1. The molecule has 128 valence electrons. The summed E-state index contributed by atoms with van der Waals surface area (Å²) >= 11 is 1.68. The molecule has 3 aromatic rings. The summed E-state index contributed by atoms with van der Waals surface area (Å²) in [6, 6.07) is 9.38. The van der Waals surface area contributed by atoms with Crippen molar-refractivity contribution >= 4 is 22.2 Å². The summed E-state index contributed by atoms with van der Waals surface area (Å²) in [7, 11) is 0. The number of pyridine rings is 1. The van der Waals surface area contributed by atoms with Crippen LogP contribution in [0, 0.1) is 13.8 Å². The van der Waals surface area contributed by atoms with Gasteiger partial charge in [0.25, 0.3) is 5.91 Å². The van der Waals surface area contributed by atoms with E-state index in [0.29, 0.717) is 19.0 Å². The van der Waals surface area contributed by atoms with Crippen molar-refractivity contribution in [2.45, 2.75) is 26.9 Å². The third-order valence-corrected chi connectivity index (χ3v) is 5.82. The summed E-state index contributed by atoms with van der Waals surface area (Å²) in [5, 5.41) is 1.04. The lowest BCUT2D eigenvalue weighted by Crippen LogP contribution is -2.44. The van der Waals surface area contributed by atoms with E-state index in [0.717, 1.165) is 17.2 Å². The van der Waals surface area contributed by atoms with Crippen molar-refractivity contribution in [3.63, 3.8) is 0 Å². The second kappa shape index (κ2) is 6.46. The molecule has 0 N–H and O–H groups in total. The Balaban J connectivity index is 1.68. The molecule has 0 fully saturated rings. The molecule has 0 saturated carbocycles. The number of hydrogen-bond acceptors (Lipinski definition) is 5. The number of aromatic nitrogens is 1. The molecule has 0 atom stereocenters. The zero-order valence-corrected chi connectivity index (χ0v) is 15.0. The Kier molecular flexibility index (Phi) is 4.15. The smallest absolute Gasteiger partial charge is 0.295 e. The van der Waals surface area contributed by atoms with E-state index in [4.69, 9.17) is 4.42 Å². The van der Waals surface area contributed by atoms with Crippen molar-refractivity contribution in [3.8, 4) is 0 Å². The van der Waals surface area contributed by atoms with Gasteiger partial charge in [0.1, 0.15) is 5.00 Å². The molecule has 0 saturated heterocycles. The molecule has 0 unspecified atom stereocenters. The van der Waals surface area contributed by atoms with Gasteiger partial charge in [0.05, 0.1) is 18.6 Å². The standard InChI is InChI=1S/C19H19N3O2S/c1-13-14(2)25-19-16(13)11-21(10-15-6-3-4-8-20-15)12-22(19)18(23)17-7-5-9-24-17/h3-9H,10-12H2,1-2H3. The highest BCUT2D eigenvalue weighted by Crippen LogP contribution is 2.40. The van der Waals surface area contributed by atoms with Gasteiger partial charge in [-0.25, -0.2) is 0 Å². The Morgan fingerprint density at radius 2 is 2.16 bits per heavy atom. The molecule has 1 aliphatic heterocycles. The fourth-order valence-electron chi connectivity index (χ4n) is 3.11. The first-order valence-corrected chi connectivity index (χ1v) is 9.01. The van der Waals surface area contributed by atoms with E-state index in [1.54, 1.807) is 29.7 Å². The lowest BCUT2D eigenvalue weighted by atomic mass is 10.1. The maximum absolute atomic E-state index is 12.9.